The average Bonchev–Trinajstić information content (AvgIpc) is 2.58. The minimum Gasteiger partial charge on any atom is -0.377 e. The fraction of sp³-hybridized carbons (Fsp3) is 0.650. The third-order valence-corrected chi connectivity index (χ3v) is 4.97. The van der Waals surface area contributed by atoms with Gasteiger partial charge in [0.2, 0.25) is 5.91 Å². The molecule has 1 aromatic rings. The van der Waals surface area contributed by atoms with Crippen LogP contribution in [0, 0.1) is 17.3 Å². The van der Waals surface area contributed by atoms with E-state index in [2.05, 4.69) is 26.1 Å². The second-order valence-electron chi connectivity index (χ2n) is 8.03. The van der Waals surface area contributed by atoms with Crippen molar-refractivity contribution in [2.24, 2.45) is 23.0 Å². The summed E-state index contributed by atoms with van der Waals surface area (Å²) in [5, 5.41) is 3.11. The predicted molar refractivity (Wildman–Crippen MR) is 97.5 cm³/mol. The lowest BCUT2D eigenvalue weighted by atomic mass is 9.78. The topological polar surface area (TPSA) is 64.3 Å². The van der Waals surface area contributed by atoms with Crippen LogP contribution >= 0.6 is 0 Å². The van der Waals surface area contributed by atoms with Crippen LogP contribution in [0.25, 0.3) is 0 Å². The van der Waals surface area contributed by atoms with E-state index in [1.165, 1.54) is 0 Å². The highest BCUT2D eigenvalue weighted by Gasteiger charge is 2.35. The molecule has 4 atom stereocenters. The molecule has 0 aliphatic carbocycles. The standard InChI is InChI=1S/C20H32N2O2/c1-14(17(21)15-9-6-5-7-10-15)19(23)22-13-16-11-8-12-24-18(16)20(2,3)4/h5-7,9-10,14,16-18H,8,11-13,21H2,1-4H3,(H,22,23). The lowest BCUT2D eigenvalue weighted by Crippen LogP contribution is -2.46. The van der Waals surface area contributed by atoms with Gasteiger partial charge < -0.3 is 15.8 Å². The third kappa shape index (κ3) is 4.81. The van der Waals surface area contributed by atoms with Gasteiger partial charge >= 0.3 is 0 Å². The first-order valence-corrected chi connectivity index (χ1v) is 9.00. The molecule has 1 aromatic carbocycles. The summed E-state index contributed by atoms with van der Waals surface area (Å²) >= 11 is 0. The minimum atomic E-state index is -0.285. The maximum absolute atomic E-state index is 12.5. The van der Waals surface area contributed by atoms with Gasteiger partial charge in [0.05, 0.1) is 12.0 Å². The molecular formula is C20H32N2O2. The van der Waals surface area contributed by atoms with Gasteiger partial charge in [-0.1, -0.05) is 58.0 Å². The van der Waals surface area contributed by atoms with Crippen molar-refractivity contribution in [3.8, 4) is 0 Å². The Morgan fingerprint density at radius 2 is 2.00 bits per heavy atom. The van der Waals surface area contributed by atoms with Crippen LogP contribution in [0.15, 0.2) is 30.3 Å². The second kappa shape index (κ2) is 8.13. The summed E-state index contributed by atoms with van der Waals surface area (Å²) in [4.78, 5) is 12.5. The Morgan fingerprint density at radius 3 is 2.62 bits per heavy atom. The van der Waals surface area contributed by atoms with Gasteiger partial charge in [0.1, 0.15) is 0 Å². The summed E-state index contributed by atoms with van der Waals surface area (Å²) in [6.45, 7) is 9.98. The smallest absolute Gasteiger partial charge is 0.224 e. The molecule has 4 heteroatoms. The van der Waals surface area contributed by atoms with Crippen LogP contribution < -0.4 is 11.1 Å². The highest BCUT2D eigenvalue weighted by molar-refractivity contribution is 5.79. The van der Waals surface area contributed by atoms with Crippen LogP contribution in [0.3, 0.4) is 0 Å². The fourth-order valence-corrected chi connectivity index (χ4v) is 3.53. The van der Waals surface area contributed by atoms with Gasteiger partial charge in [-0.25, -0.2) is 0 Å². The van der Waals surface area contributed by atoms with Crippen molar-refractivity contribution in [3.63, 3.8) is 0 Å². The summed E-state index contributed by atoms with van der Waals surface area (Å²) in [7, 11) is 0. The van der Waals surface area contributed by atoms with Crippen molar-refractivity contribution >= 4 is 5.91 Å². The first-order valence-electron chi connectivity index (χ1n) is 9.00. The number of carbonyl (C=O) groups excluding carboxylic acids is 1. The molecule has 1 aliphatic rings. The molecule has 1 saturated heterocycles. The van der Waals surface area contributed by atoms with Crippen LogP contribution in [0.2, 0.25) is 0 Å². The molecule has 4 nitrogen and oxygen atoms in total. The zero-order valence-electron chi connectivity index (χ0n) is 15.4. The van der Waals surface area contributed by atoms with E-state index in [0.29, 0.717) is 12.5 Å². The van der Waals surface area contributed by atoms with Gasteiger partial charge in [-0.05, 0) is 23.8 Å². The Kier molecular flexibility index (Phi) is 6.41. The van der Waals surface area contributed by atoms with Gasteiger partial charge in [-0.3, -0.25) is 4.79 Å². The van der Waals surface area contributed by atoms with Gasteiger partial charge in [-0.2, -0.15) is 0 Å². The first kappa shape index (κ1) is 18.9. The van der Waals surface area contributed by atoms with E-state index in [9.17, 15) is 4.79 Å². The van der Waals surface area contributed by atoms with Crippen molar-refractivity contribution in [2.45, 2.75) is 52.7 Å². The first-order chi connectivity index (χ1) is 11.3. The lowest BCUT2D eigenvalue weighted by molar-refractivity contribution is -0.127. The molecule has 1 aliphatic heterocycles. The maximum Gasteiger partial charge on any atom is 0.224 e. The predicted octanol–water partition coefficient (Wildman–Crippen LogP) is 3.28. The fourth-order valence-electron chi connectivity index (χ4n) is 3.53. The molecule has 24 heavy (non-hydrogen) atoms. The maximum atomic E-state index is 12.5. The molecule has 4 unspecified atom stereocenters. The summed E-state index contributed by atoms with van der Waals surface area (Å²) in [5.74, 6) is 0.123. The molecule has 0 aromatic heterocycles. The Morgan fingerprint density at radius 1 is 1.33 bits per heavy atom. The molecule has 0 saturated carbocycles. The summed E-state index contributed by atoms with van der Waals surface area (Å²) in [6.07, 6.45) is 2.35. The number of nitrogens with one attached hydrogen (secondary N) is 1. The van der Waals surface area contributed by atoms with E-state index in [1.807, 2.05) is 37.3 Å². The van der Waals surface area contributed by atoms with Gasteiger partial charge in [0.25, 0.3) is 0 Å². The Labute approximate surface area is 146 Å². The molecule has 0 radical (unpaired) electrons. The lowest BCUT2D eigenvalue weighted by Gasteiger charge is -2.40. The van der Waals surface area contributed by atoms with Crippen LogP contribution in [-0.2, 0) is 9.53 Å². The summed E-state index contributed by atoms with van der Waals surface area (Å²) in [5.41, 5.74) is 7.34. The third-order valence-electron chi connectivity index (χ3n) is 4.97. The van der Waals surface area contributed by atoms with E-state index in [-0.39, 0.29) is 29.4 Å². The van der Waals surface area contributed by atoms with Crippen LogP contribution in [-0.4, -0.2) is 25.2 Å². The molecule has 134 valence electrons. The van der Waals surface area contributed by atoms with Gasteiger partial charge in [0, 0.05) is 25.1 Å². The van der Waals surface area contributed by atoms with Crippen molar-refractivity contribution in [1.82, 2.24) is 5.32 Å². The van der Waals surface area contributed by atoms with Crippen molar-refractivity contribution in [3.05, 3.63) is 35.9 Å². The van der Waals surface area contributed by atoms with E-state index in [4.69, 9.17) is 10.5 Å². The summed E-state index contributed by atoms with van der Waals surface area (Å²) < 4.78 is 5.99. The zero-order valence-corrected chi connectivity index (χ0v) is 15.4. The number of benzene rings is 1. The SMILES string of the molecule is CC(C(=O)NCC1CCCOC1C(C)(C)C)C(N)c1ccccc1. The van der Waals surface area contributed by atoms with E-state index in [1.54, 1.807) is 0 Å². The van der Waals surface area contributed by atoms with E-state index >= 15 is 0 Å². The van der Waals surface area contributed by atoms with Gasteiger partial charge in [0.15, 0.2) is 0 Å². The molecule has 2 rings (SSSR count). The number of amides is 1. The Bertz CT molecular complexity index is 524. The van der Waals surface area contributed by atoms with Crippen LogP contribution in [0.1, 0.15) is 52.1 Å². The molecule has 0 spiro atoms. The van der Waals surface area contributed by atoms with Crippen molar-refractivity contribution < 1.29 is 9.53 Å². The van der Waals surface area contributed by atoms with Gasteiger partial charge in [-0.15, -0.1) is 0 Å². The van der Waals surface area contributed by atoms with Crippen LogP contribution in [0.4, 0.5) is 0 Å². The van der Waals surface area contributed by atoms with E-state index < -0.39 is 0 Å². The zero-order chi connectivity index (χ0) is 17.7. The molecule has 1 heterocycles. The number of carbonyl (C=O) groups is 1. The van der Waals surface area contributed by atoms with Crippen molar-refractivity contribution in [1.29, 1.82) is 0 Å². The number of nitrogens with two attached hydrogens (primary N) is 1. The molecule has 0 bridgehead atoms. The monoisotopic (exact) mass is 332 g/mol. The Balaban J connectivity index is 1.91. The molecular weight excluding hydrogens is 300 g/mol. The second-order valence-corrected chi connectivity index (χ2v) is 8.03. The number of ether oxygens (including phenoxy) is 1. The Hall–Kier alpha value is -1.39. The normalized spacial score (nSPS) is 24.2. The number of rotatable bonds is 5. The highest BCUT2D eigenvalue weighted by atomic mass is 16.5. The number of hydrogen-bond acceptors (Lipinski definition) is 3. The molecule has 1 fully saturated rings. The summed E-state index contributed by atoms with van der Waals surface area (Å²) in [6, 6.07) is 9.52. The molecule has 3 N–H and O–H groups in total. The largest absolute Gasteiger partial charge is 0.377 e. The highest BCUT2D eigenvalue weighted by Crippen LogP contribution is 2.33. The minimum absolute atomic E-state index is 0.0181. The van der Waals surface area contributed by atoms with Crippen molar-refractivity contribution in [2.75, 3.05) is 13.2 Å². The molecule has 1 amide bonds. The average molecular weight is 332 g/mol. The number of hydrogen-bond donors (Lipinski definition) is 2. The van der Waals surface area contributed by atoms with Crippen LogP contribution in [0.5, 0.6) is 0 Å². The van der Waals surface area contributed by atoms with E-state index in [0.717, 1.165) is 25.0 Å². The quantitative estimate of drug-likeness (QED) is 0.870.